The predicted molar refractivity (Wildman–Crippen MR) is 117 cm³/mol. The van der Waals surface area contributed by atoms with Crippen molar-refractivity contribution in [1.82, 2.24) is 14.5 Å². The van der Waals surface area contributed by atoms with E-state index < -0.39 is 0 Å². The summed E-state index contributed by atoms with van der Waals surface area (Å²) < 4.78 is 7.11. The van der Waals surface area contributed by atoms with Crippen LogP contribution in [0.3, 0.4) is 0 Å². The third kappa shape index (κ3) is 5.92. The van der Waals surface area contributed by atoms with Crippen LogP contribution < -0.4 is 20.9 Å². The Labute approximate surface area is 175 Å². The number of rotatable bonds is 9. The molecule has 0 aliphatic carbocycles. The number of nitrogens with one attached hydrogen (secondary N) is 2. The molecular weight excluding hydrogens is 382 g/mol. The monoisotopic (exact) mass is 407 g/mol. The third-order valence-electron chi connectivity index (χ3n) is 4.14. The first-order valence-electron chi connectivity index (χ1n) is 9.57. The van der Waals surface area contributed by atoms with Gasteiger partial charge in [-0.3, -0.25) is 14.2 Å². The lowest BCUT2D eigenvalue weighted by Gasteiger charge is -2.12. The van der Waals surface area contributed by atoms with Crippen LogP contribution in [0.15, 0.2) is 71.8 Å². The van der Waals surface area contributed by atoms with Gasteiger partial charge in [-0.2, -0.15) is 0 Å². The molecule has 0 aliphatic heterocycles. The Kier molecular flexibility index (Phi) is 7.18. The van der Waals surface area contributed by atoms with Crippen LogP contribution in [-0.2, 0) is 4.79 Å². The summed E-state index contributed by atoms with van der Waals surface area (Å²) in [6.45, 7) is 1.15. The van der Waals surface area contributed by atoms with Gasteiger partial charge < -0.3 is 20.3 Å². The van der Waals surface area contributed by atoms with Gasteiger partial charge in [0.2, 0.25) is 5.91 Å². The highest BCUT2D eigenvalue weighted by Gasteiger charge is 2.08. The van der Waals surface area contributed by atoms with Gasteiger partial charge in [-0.05, 0) is 50.5 Å². The van der Waals surface area contributed by atoms with Crippen molar-refractivity contribution in [2.75, 3.05) is 44.4 Å². The molecule has 0 radical (unpaired) electrons. The number of para-hydroxylation sites is 1. The minimum absolute atomic E-state index is 0.0990. The van der Waals surface area contributed by atoms with Crippen LogP contribution in [0.5, 0.6) is 5.75 Å². The van der Waals surface area contributed by atoms with Crippen LogP contribution in [0.25, 0.3) is 5.69 Å². The van der Waals surface area contributed by atoms with Gasteiger partial charge in [0.1, 0.15) is 12.4 Å². The molecule has 2 N–H and O–H groups in total. The molecule has 8 nitrogen and oxygen atoms in total. The van der Waals surface area contributed by atoms with E-state index in [1.807, 2.05) is 44.4 Å². The smallest absolute Gasteiger partial charge is 0.297 e. The molecule has 0 saturated heterocycles. The number of anilines is 2. The minimum Gasteiger partial charge on any atom is -0.492 e. The number of hydrogen-bond acceptors (Lipinski definition) is 6. The Morgan fingerprint density at radius 1 is 1.10 bits per heavy atom. The molecule has 0 fully saturated rings. The van der Waals surface area contributed by atoms with Crippen LogP contribution >= 0.6 is 0 Å². The van der Waals surface area contributed by atoms with E-state index in [2.05, 4.69) is 15.6 Å². The number of amides is 1. The Morgan fingerprint density at radius 2 is 1.83 bits per heavy atom. The number of carbonyl (C=O) groups excluding carboxylic acids is 1. The van der Waals surface area contributed by atoms with Gasteiger partial charge in [0, 0.05) is 23.8 Å². The van der Waals surface area contributed by atoms with Gasteiger partial charge >= 0.3 is 0 Å². The molecule has 30 heavy (non-hydrogen) atoms. The number of hydrogen-bond donors (Lipinski definition) is 2. The predicted octanol–water partition coefficient (Wildman–Crippen LogP) is 2.22. The number of benzene rings is 2. The molecule has 3 rings (SSSR count). The summed E-state index contributed by atoms with van der Waals surface area (Å²) in [5.74, 6) is 0.922. The van der Waals surface area contributed by atoms with Gasteiger partial charge in [0.15, 0.2) is 5.82 Å². The molecule has 1 amide bonds. The normalized spacial score (nSPS) is 10.6. The van der Waals surface area contributed by atoms with Crippen LogP contribution in [0.4, 0.5) is 11.5 Å². The summed E-state index contributed by atoms with van der Waals surface area (Å²) in [5, 5.41) is 5.84. The summed E-state index contributed by atoms with van der Waals surface area (Å²) in [6.07, 6.45) is 3.17. The molecule has 8 heteroatoms. The lowest BCUT2D eigenvalue weighted by atomic mass is 10.2. The van der Waals surface area contributed by atoms with Crippen molar-refractivity contribution in [3.8, 4) is 11.4 Å². The maximum atomic E-state index is 12.7. The summed E-state index contributed by atoms with van der Waals surface area (Å²) >= 11 is 0. The van der Waals surface area contributed by atoms with E-state index in [1.54, 1.807) is 41.6 Å². The van der Waals surface area contributed by atoms with Gasteiger partial charge in [0.05, 0.1) is 13.1 Å². The Balaban J connectivity index is 1.61. The molecule has 0 atom stereocenters. The van der Waals surface area contributed by atoms with E-state index >= 15 is 0 Å². The SMILES string of the molecule is CN(C)CC(=O)Nc1ccc(-n2ccnc(NCCOc3ccccc3)c2=O)cc1. The fraction of sp³-hybridized carbons (Fsp3) is 0.227. The topological polar surface area (TPSA) is 88.5 Å². The van der Waals surface area contributed by atoms with Crippen LogP contribution in [-0.4, -0.2) is 54.1 Å². The van der Waals surface area contributed by atoms with E-state index in [9.17, 15) is 9.59 Å². The average molecular weight is 407 g/mol. The molecule has 0 bridgehead atoms. The van der Waals surface area contributed by atoms with E-state index in [1.165, 1.54) is 4.57 Å². The zero-order chi connectivity index (χ0) is 21.3. The van der Waals surface area contributed by atoms with Crippen molar-refractivity contribution < 1.29 is 9.53 Å². The zero-order valence-corrected chi connectivity index (χ0v) is 17.0. The summed E-state index contributed by atoms with van der Waals surface area (Å²) in [7, 11) is 3.66. The van der Waals surface area contributed by atoms with Gasteiger partial charge in [-0.25, -0.2) is 4.98 Å². The van der Waals surface area contributed by atoms with Crippen molar-refractivity contribution in [3.63, 3.8) is 0 Å². The van der Waals surface area contributed by atoms with E-state index in [0.29, 0.717) is 31.1 Å². The fourth-order valence-electron chi connectivity index (χ4n) is 2.78. The van der Waals surface area contributed by atoms with Crippen LogP contribution in [0.1, 0.15) is 0 Å². The van der Waals surface area contributed by atoms with Crippen LogP contribution in [0, 0.1) is 0 Å². The highest BCUT2D eigenvalue weighted by molar-refractivity contribution is 5.92. The molecule has 1 aromatic heterocycles. The molecule has 2 aromatic carbocycles. The first kappa shape index (κ1) is 21.1. The molecule has 0 spiro atoms. The Hall–Kier alpha value is -3.65. The number of likely N-dealkylation sites (N-methyl/N-ethyl adjacent to an activating group) is 1. The van der Waals surface area contributed by atoms with Crippen molar-refractivity contribution in [1.29, 1.82) is 0 Å². The Morgan fingerprint density at radius 3 is 2.53 bits per heavy atom. The van der Waals surface area contributed by atoms with Gasteiger partial charge in [0.25, 0.3) is 5.56 Å². The van der Waals surface area contributed by atoms with Crippen molar-refractivity contribution in [2.24, 2.45) is 0 Å². The molecule has 156 valence electrons. The highest BCUT2D eigenvalue weighted by Crippen LogP contribution is 2.13. The molecular formula is C22H25N5O3. The highest BCUT2D eigenvalue weighted by atomic mass is 16.5. The van der Waals surface area contributed by atoms with E-state index in [-0.39, 0.29) is 17.3 Å². The van der Waals surface area contributed by atoms with Crippen molar-refractivity contribution in [2.45, 2.75) is 0 Å². The standard InChI is InChI=1S/C22H25N5O3/c1-26(2)16-20(28)25-17-8-10-18(11-9-17)27-14-12-23-21(22(27)29)24-13-15-30-19-6-4-3-5-7-19/h3-12,14H,13,15-16H2,1-2H3,(H,23,24)(H,25,28). The molecule has 3 aromatic rings. The van der Waals surface area contributed by atoms with Crippen molar-refractivity contribution >= 4 is 17.4 Å². The van der Waals surface area contributed by atoms with E-state index in [4.69, 9.17) is 4.74 Å². The minimum atomic E-state index is -0.262. The molecule has 0 saturated carbocycles. The van der Waals surface area contributed by atoms with Gasteiger partial charge in [-0.1, -0.05) is 18.2 Å². The van der Waals surface area contributed by atoms with Gasteiger partial charge in [-0.15, -0.1) is 0 Å². The van der Waals surface area contributed by atoms with E-state index in [0.717, 1.165) is 5.75 Å². The zero-order valence-electron chi connectivity index (χ0n) is 17.0. The Bertz CT molecular complexity index is 1020. The average Bonchev–Trinajstić information content (AvgIpc) is 2.73. The molecule has 1 heterocycles. The largest absolute Gasteiger partial charge is 0.492 e. The number of ether oxygens (including phenoxy) is 1. The number of aromatic nitrogens is 2. The molecule has 0 aliphatic rings. The second-order valence-electron chi connectivity index (χ2n) is 6.87. The first-order valence-corrected chi connectivity index (χ1v) is 9.57. The number of carbonyl (C=O) groups is 1. The first-order chi connectivity index (χ1) is 14.5. The summed E-state index contributed by atoms with van der Waals surface area (Å²) in [6, 6.07) is 16.5. The lowest BCUT2D eigenvalue weighted by molar-refractivity contribution is -0.116. The quantitative estimate of drug-likeness (QED) is 0.529. The number of nitrogens with zero attached hydrogens (tertiary/aromatic N) is 3. The van der Waals surface area contributed by atoms with Crippen LogP contribution in [0.2, 0.25) is 0 Å². The van der Waals surface area contributed by atoms with Crippen molar-refractivity contribution in [3.05, 3.63) is 77.3 Å². The second kappa shape index (κ2) is 10.2. The second-order valence-corrected chi connectivity index (χ2v) is 6.87. The molecule has 0 unspecified atom stereocenters. The third-order valence-corrected chi connectivity index (χ3v) is 4.14. The summed E-state index contributed by atoms with van der Waals surface area (Å²) in [5.41, 5.74) is 1.09. The maximum Gasteiger partial charge on any atom is 0.297 e. The lowest BCUT2D eigenvalue weighted by Crippen LogP contribution is -2.27. The maximum absolute atomic E-state index is 12.7. The summed E-state index contributed by atoms with van der Waals surface area (Å²) in [4.78, 5) is 30.5. The fourth-order valence-corrected chi connectivity index (χ4v) is 2.78.